The van der Waals surface area contributed by atoms with Crippen LogP contribution in [0.1, 0.15) is 44.9 Å². The van der Waals surface area contributed by atoms with E-state index < -0.39 is 0 Å². The first-order chi connectivity index (χ1) is 12.1. The van der Waals surface area contributed by atoms with Crippen molar-refractivity contribution in [3.8, 4) is 0 Å². The van der Waals surface area contributed by atoms with E-state index in [1.54, 1.807) is 4.90 Å². The number of carbonyl (C=O) groups excluding carboxylic acids is 3. The van der Waals surface area contributed by atoms with E-state index in [2.05, 4.69) is 10.2 Å². The van der Waals surface area contributed by atoms with E-state index in [0.717, 1.165) is 64.8 Å². The summed E-state index contributed by atoms with van der Waals surface area (Å²) in [5.74, 6) is 0.349. The third-order valence-electron chi connectivity index (χ3n) is 5.65. The zero-order chi connectivity index (χ0) is 17.6. The Balaban J connectivity index is 1.49. The largest absolute Gasteiger partial charge is 0.356 e. The zero-order valence-corrected chi connectivity index (χ0v) is 15.0. The Morgan fingerprint density at radius 1 is 0.960 bits per heavy atom. The molecule has 0 radical (unpaired) electrons. The quantitative estimate of drug-likeness (QED) is 0.789. The Bertz CT molecular complexity index is 511. The number of amides is 3. The fraction of sp³-hybridized carbons (Fsp3) is 0.833. The average molecular weight is 350 g/mol. The summed E-state index contributed by atoms with van der Waals surface area (Å²) in [5, 5.41) is 2.94. The standard InChI is InChI=1S/C18H30N4O3/c23-16-6-5-15(7-8-19-16)20-10-3-11-21(13-12-20)18(25)14-22-9-2-1-4-17(22)24/h15H,1-14H2,(H,19,23). The fourth-order valence-electron chi connectivity index (χ4n) is 4.12. The van der Waals surface area contributed by atoms with Gasteiger partial charge < -0.3 is 15.1 Å². The fourth-order valence-corrected chi connectivity index (χ4v) is 4.12. The predicted octanol–water partition coefficient (Wildman–Crippen LogP) is 0.202. The molecule has 0 spiro atoms. The molecule has 7 heteroatoms. The van der Waals surface area contributed by atoms with E-state index in [4.69, 9.17) is 0 Å². The summed E-state index contributed by atoms with van der Waals surface area (Å²) in [6.07, 6.45) is 5.97. The van der Waals surface area contributed by atoms with Crippen LogP contribution in [0.5, 0.6) is 0 Å². The lowest BCUT2D eigenvalue weighted by Crippen LogP contribution is -2.46. The van der Waals surface area contributed by atoms with Crippen LogP contribution in [0.2, 0.25) is 0 Å². The van der Waals surface area contributed by atoms with Crippen LogP contribution in [0.25, 0.3) is 0 Å². The van der Waals surface area contributed by atoms with Crippen LogP contribution >= 0.6 is 0 Å². The Kier molecular flexibility index (Phi) is 6.29. The van der Waals surface area contributed by atoms with Gasteiger partial charge in [-0.05, 0) is 32.1 Å². The van der Waals surface area contributed by atoms with Crippen molar-refractivity contribution in [2.45, 2.75) is 51.0 Å². The molecule has 1 unspecified atom stereocenters. The van der Waals surface area contributed by atoms with Crippen LogP contribution in [0.4, 0.5) is 0 Å². The molecule has 1 N–H and O–H groups in total. The molecule has 3 amide bonds. The van der Waals surface area contributed by atoms with Crippen molar-refractivity contribution in [3.63, 3.8) is 0 Å². The van der Waals surface area contributed by atoms with E-state index in [0.29, 0.717) is 25.4 Å². The van der Waals surface area contributed by atoms with Gasteiger partial charge in [-0.15, -0.1) is 0 Å². The lowest BCUT2D eigenvalue weighted by molar-refractivity contribution is -0.141. The molecule has 3 aliphatic rings. The Labute approximate surface area is 149 Å². The maximum absolute atomic E-state index is 12.6. The minimum atomic E-state index is 0.0785. The molecule has 3 aliphatic heterocycles. The summed E-state index contributed by atoms with van der Waals surface area (Å²) in [4.78, 5) is 42.1. The number of nitrogens with one attached hydrogen (secondary N) is 1. The summed E-state index contributed by atoms with van der Waals surface area (Å²) >= 11 is 0. The van der Waals surface area contributed by atoms with Gasteiger partial charge in [0.2, 0.25) is 17.7 Å². The minimum absolute atomic E-state index is 0.0785. The highest BCUT2D eigenvalue weighted by molar-refractivity contribution is 5.85. The number of rotatable bonds is 3. The van der Waals surface area contributed by atoms with Gasteiger partial charge >= 0.3 is 0 Å². The van der Waals surface area contributed by atoms with Crippen molar-refractivity contribution in [1.29, 1.82) is 0 Å². The summed E-state index contributed by atoms with van der Waals surface area (Å²) < 4.78 is 0. The van der Waals surface area contributed by atoms with E-state index in [-0.39, 0.29) is 24.3 Å². The van der Waals surface area contributed by atoms with Crippen molar-refractivity contribution in [2.75, 3.05) is 45.8 Å². The van der Waals surface area contributed by atoms with Gasteiger partial charge in [0.05, 0.1) is 6.54 Å². The number of piperidine rings is 1. The molecule has 7 nitrogen and oxygen atoms in total. The summed E-state index contributed by atoms with van der Waals surface area (Å²) in [5.41, 5.74) is 0. The average Bonchev–Trinajstić information content (AvgIpc) is 2.97. The van der Waals surface area contributed by atoms with Crippen LogP contribution in [0.3, 0.4) is 0 Å². The molecule has 0 bridgehead atoms. The first kappa shape index (κ1) is 18.2. The monoisotopic (exact) mass is 350 g/mol. The maximum atomic E-state index is 12.6. The van der Waals surface area contributed by atoms with Crippen LogP contribution in [0, 0.1) is 0 Å². The Morgan fingerprint density at radius 3 is 2.68 bits per heavy atom. The highest BCUT2D eigenvalue weighted by Crippen LogP contribution is 2.17. The molecule has 0 aliphatic carbocycles. The van der Waals surface area contributed by atoms with Crippen molar-refractivity contribution in [2.24, 2.45) is 0 Å². The lowest BCUT2D eigenvalue weighted by atomic mass is 10.1. The highest BCUT2D eigenvalue weighted by atomic mass is 16.2. The lowest BCUT2D eigenvalue weighted by Gasteiger charge is -2.30. The number of likely N-dealkylation sites (tertiary alicyclic amines) is 1. The Morgan fingerprint density at radius 2 is 1.84 bits per heavy atom. The number of hydrogen-bond acceptors (Lipinski definition) is 4. The smallest absolute Gasteiger partial charge is 0.242 e. The molecule has 0 aromatic heterocycles. The van der Waals surface area contributed by atoms with Gasteiger partial charge in [-0.25, -0.2) is 0 Å². The van der Waals surface area contributed by atoms with Crippen molar-refractivity contribution >= 4 is 17.7 Å². The maximum Gasteiger partial charge on any atom is 0.242 e. The molecule has 3 heterocycles. The first-order valence-corrected chi connectivity index (χ1v) is 9.70. The predicted molar refractivity (Wildman–Crippen MR) is 93.8 cm³/mol. The summed E-state index contributed by atoms with van der Waals surface area (Å²) in [7, 11) is 0. The minimum Gasteiger partial charge on any atom is -0.356 e. The molecule has 3 fully saturated rings. The van der Waals surface area contributed by atoms with E-state index in [9.17, 15) is 14.4 Å². The SMILES string of the molecule is O=C1CCC(N2CCCN(C(=O)CN3CCCCC3=O)CC2)CCN1. The number of nitrogens with zero attached hydrogens (tertiary/aromatic N) is 3. The molecule has 1 atom stereocenters. The molecular weight excluding hydrogens is 320 g/mol. The van der Waals surface area contributed by atoms with Gasteiger partial charge in [0.1, 0.15) is 0 Å². The van der Waals surface area contributed by atoms with Crippen LogP contribution in [0.15, 0.2) is 0 Å². The van der Waals surface area contributed by atoms with Crippen LogP contribution < -0.4 is 5.32 Å². The van der Waals surface area contributed by atoms with Gasteiger partial charge in [0.15, 0.2) is 0 Å². The van der Waals surface area contributed by atoms with E-state index in [1.807, 2.05) is 4.90 Å². The molecule has 0 saturated carbocycles. The Hall–Kier alpha value is -1.63. The second-order valence-corrected chi connectivity index (χ2v) is 7.37. The van der Waals surface area contributed by atoms with E-state index >= 15 is 0 Å². The third-order valence-corrected chi connectivity index (χ3v) is 5.65. The molecule has 0 aromatic carbocycles. The van der Waals surface area contributed by atoms with Gasteiger partial charge in [0.25, 0.3) is 0 Å². The van der Waals surface area contributed by atoms with Gasteiger partial charge in [-0.3, -0.25) is 19.3 Å². The normalized spacial score (nSPS) is 26.8. The van der Waals surface area contributed by atoms with Crippen molar-refractivity contribution in [3.05, 3.63) is 0 Å². The molecule has 0 aromatic rings. The molecule has 3 rings (SSSR count). The third kappa shape index (κ3) is 4.93. The van der Waals surface area contributed by atoms with E-state index in [1.165, 1.54) is 0 Å². The number of hydrogen-bond donors (Lipinski definition) is 1. The number of carbonyl (C=O) groups is 3. The molecular formula is C18H30N4O3. The highest BCUT2D eigenvalue weighted by Gasteiger charge is 2.27. The van der Waals surface area contributed by atoms with Gasteiger partial charge in [0, 0.05) is 58.2 Å². The first-order valence-electron chi connectivity index (χ1n) is 9.70. The van der Waals surface area contributed by atoms with Gasteiger partial charge in [-0.2, -0.15) is 0 Å². The second kappa shape index (κ2) is 8.65. The van der Waals surface area contributed by atoms with Gasteiger partial charge in [-0.1, -0.05) is 0 Å². The van der Waals surface area contributed by atoms with Crippen molar-refractivity contribution < 1.29 is 14.4 Å². The second-order valence-electron chi connectivity index (χ2n) is 7.37. The van der Waals surface area contributed by atoms with Crippen LogP contribution in [-0.2, 0) is 14.4 Å². The molecule has 140 valence electrons. The van der Waals surface area contributed by atoms with Crippen LogP contribution in [-0.4, -0.2) is 84.3 Å². The molecule has 3 saturated heterocycles. The zero-order valence-electron chi connectivity index (χ0n) is 15.0. The van der Waals surface area contributed by atoms with Crippen molar-refractivity contribution in [1.82, 2.24) is 20.0 Å². The topological polar surface area (TPSA) is 73.0 Å². The summed E-state index contributed by atoms with van der Waals surface area (Å²) in [6.45, 7) is 5.03. The molecule has 25 heavy (non-hydrogen) atoms. The summed E-state index contributed by atoms with van der Waals surface area (Å²) in [6, 6.07) is 0.428.